The highest BCUT2D eigenvalue weighted by Crippen LogP contribution is 2.42. The number of benzene rings is 2. The van der Waals surface area contributed by atoms with Gasteiger partial charge in [0.25, 0.3) is 0 Å². The number of aromatic nitrogens is 2. The number of carbonyl (C=O) groups is 1. The fourth-order valence-electron chi connectivity index (χ4n) is 3.53. The van der Waals surface area contributed by atoms with Crippen LogP contribution in [0.4, 0.5) is 0 Å². The van der Waals surface area contributed by atoms with Crippen molar-refractivity contribution < 1.29 is 9.53 Å². The molecule has 4 rings (SSSR count). The van der Waals surface area contributed by atoms with Crippen LogP contribution in [0.5, 0.6) is 0 Å². The molecule has 1 saturated heterocycles. The third kappa shape index (κ3) is 3.84. The minimum atomic E-state index is -0.0734. The van der Waals surface area contributed by atoms with Crippen LogP contribution in [0.1, 0.15) is 23.9 Å². The minimum Gasteiger partial charge on any atom is -0.372 e. The van der Waals surface area contributed by atoms with Crippen molar-refractivity contribution in [3.8, 4) is 5.69 Å². The van der Waals surface area contributed by atoms with Crippen molar-refractivity contribution in [2.75, 3.05) is 6.61 Å². The number of nitrogens with zero attached hydrogens (tertiary/aromatic N) is 2. The summed E-state index contributed by atoms with van der Waals surface area (Å²) in [5.41, 5.74) is 2.22. The molecule has 1 fully saturated rings. The molecule has 0 amide bonds. The molecule has 3 aromatic rings. The van der Waals surface area contributed by atoms with Crippen molar-refractivity contribution in [2.45, 2.75) is 29.6 Å². The van der Waals surface area contributed by atoms with E-state index in [0.717, 1.165) is 34.7 Å². The van der Waals surface area contributed by atoms with E-state index in [1.165, 1.54) is 0 Å². The topological polar surface area (TPSA) is 44.1 Å². The lowest BCUT2D eigenvalue weighted by Gasteiger charge is -2.35. The van der Waals surface area contributed by atoms with Gasteiger partial charge in [0.2, 0.25) is 0 Å². The van der Waals surface area contributed by atoms with Crippen LogP contribution in [0, 0.1) is 12.8 Å². The summed E-state index contributed by atoms with van der Waals surface area (Å²) >= 11 is 1.73. The molecule has 4 nitrogen and oxygen atoms in total. The lowest BCUT2D eigenvalue weighted by molar-refractivity contribution is -0.115. The number of imidazole rings is 1. The van der Waals surface area contributed by atoms with Gasteiger partial charge in [0, 0.05) is 40.8 Å². The van der Waals surface area contributed by atoms with E-state index in [-0.39, 0.29) is 17.3 Å². The van der Waals surface area contributed by atoms with Gasteiger partial charge in [-0.2, -0.15) is 0 Å². The van der Waals surface area contributed by atoms with E-state index < -0.39 is 0 Å². The summed E-state index contributed by atoms with van der Waals surface area (Å²) in [5.74, 6) is 0.950. The Morgan fingerprint density at radius 1 is 1.15 bits per heavy atom. The summed E-state index contributed by atoms with van der Waals surface area (Å²) in [7, 11) is 0. The van der Waals surface area contributed by atoms with Crippen molar-refractivity contribution >= 4 is 18.0 Å². The van der Waals surface area contributed by atoms with Crippen LogP contribution in [0.25, 0.3) is 5.69 Å². The highest BCUT2D eigenvalue weighted by molar-refractivity contribution is 8.00. The van der Waals surface area contributed by atoms with Gasteiger partial charge in [0.1, 0.15) is 12.1 Å². The number of aldehydes is 1. The standard InChI is InChI=1S/C22H22N2O2S/c1-16-23-12-13-24(16)19-7-9-20(10-8-19)27-22-18(15-25)11-14-26-21(22)17-5-3-2-4-6-17/h2-10,12-13,15,18,21-22H,11,14H2,1H3. The monoisotopic (exact) mass is 378 g/mol. The number of hydrogen-bond donors (Lipinski definition) is 0. The van der Waals surface area contributed by atoms with Crippen molar-refractivity contribution in [2.24, 2.45) is 5.92 Å². The number of carbonyl (C=O) groups excluding carboxylic acids is 1. The smallest absolute Gasteiger partial charge is 0.124 e. The first kappa shape index (κ1) is 18.0. The number of rotatable bonds is 5. The third-order valence-corrected chi connectivity index (χ3v) is 6.40. The Bertz CT molecular complexity index is 892. The molecular weight excluding hydrogens is 356 g/mol. The molecule has 0 radical (unpaired) electrons. The highest BCUT2D eigenvalue weighted by Gasteiger charge is 2.35. The summed E-state index contributed by atoms with van der Waals surface area (Å²) in [6.45, 7) is 2.61. The fraction of sp³-hybridized carbons (Fsp3) is 0.273. The van der Waals surface area contributed by atoms with Crippen LogP contribution in [0.3, 0.4) is 0 Å². The van der Waals surface area contributed by atoms with E-state index in [9.17, 15) is 4.79 Å². The number of hydrogen-bond acceptors (Lipinski definition) is 4. The molecule has 0 aliphatic carbocycles. The Hall–Kier alpha value is -2.37. The van der Waals surface area contributed by atoms with E-state index in [0.29, 0.717) is 6.61 Å². The van der Waals surface area contributed by atoms with Crippen molar-refractivity contribution in [1.82, 2.24) is 9.55 Å². The molecule has 0 N–H and O–H groups in total. The van der Waals surface area contributed by atoms with Gasteiger partial charge in [-0.1, -0.05) is 30.3 Å². The van der Waals surface area contributed by atoms with Gasteiger partial charge >= 0.3 is 0 Å². The molecule has 5 heteroatoms. The summed E-state index contributed by atoms with van der Waals surface area (Å²) in [4.78, 5) is 17.1. The predicted octanol–water partition coefficient (Wildman–Crippen LogP) is 4.62. The maximum absolute atomic E-state index is 11.7. The quantitative estimate of drug-likeness (QED) is 0.608. The van der Waals surface area contributed by atoms with E-state index in [1.807, 2.05) is 31.3 Å². The molecular formula is C22H22N2O2S. The minimum absolute atomic E-state index is 0.00970. The SMILES string of the molecule is Cc1nccn1-c1ccc(SC2C(C=O)CCOC2c2ccccc2)cc1. The van der Waals surface area contributed by atoms with Crippen molar-refractivity contribution in [1.29, 1.82) is 0 Å². The van der Waals surface area contributed by atoms with Crippen LogP contribution in [0.15, 0.2) is 71.9 Å². The Morgan fingerprint density at radius 2 is 1.93 bits per heavy atom. The average molecular weight is 378 g/mol. The Kier molecular flexibility index (Phi) is 5.41. The van der Waals surface area contributed by atoms with Crippen LogP contribution >= 0.6 is 11.8 Å². The van der Waals surface area contributed by atoms with Crippen molar-refractivity contribution in [3.05, 3.63) is 78.4 Å². The van der Waals surface area contributed by atoms with Gasteiger partial charge in [-0.15, -0.1) is 11.8 Å². The van der Waals surface area contributed by atoms with Gasteiger partial charge in [-0.05, 0) is 43.2 Å². The first-order chi connectivity index (χ1) is 13.3. The fourth-order valence-corrected chi connectivity index (χ4v) is 4.87. The van der Waals surface area contributed by atoms with Crippen LogP contribution in [-0.4, -0.2) is 27.7 Å². The zero-order valence-corrected chi connectivity index (χ0v) is 16.0. The second-order valence-corrected chi connectivity index (χ2v) is 7.96. The zero-order valence-electron chi connectivity index (χ0n) is 15.2. The molecule has 0 spiro atoms. The predicted molar refractivity (Wildman–Crippen MR) is 107 cm³/mol. The third-order valence-electron chi connectivity index (χ3n) is 4.98. The lowest BCUT2D eigenvalue weighted by atomic mass is 9.92. The molecule has 3 atom stereocenters. The highest BCUT2D eigenvalue weighted by atomic mass is 32.2. The maximum Gasteiger partial charge on any atom is 0.124 e. The van der Waals surface area contributed by atoms with E-state index in [2.05, 4.69) is 45.9 Å². The summed E-state index contributed by atoms with van der Waals surface area (Å²) in [5, 5.41) is 0.0690. The van der Waals surface area contributed by atoms with Gasteiger partial charge < -0.3 is 14.1 Å². The lowest BCUT2D eigenvalue weighted by Crippen LogP contribution is -2.34. The van der Waals surface area contributed by atoms with Crippen LogP contribution < -0.4 is 0 Å². The molecule has 1 aliphatic rings. The number of ether oxygens (including phenoxy) is 1. The average Bonchev–Trinajstić information content (AvgIpc) is 3.15. The Balaban J connectivity index is 1.58. The molecule has 2 aromatic carbocycles. The zero-order chi connectivity index (χ0) is 18.6. The summed E-state index contributed by atoms with van der Waals surface area (Å²) in [6.07, 6.45) is 5.56. The molecule has 2 heterocycles. The van der Waals surface area contributed by atoms with E-state index in [4.69, 9.17) is 4.74 Å². The molecule has 3 unspecified atom stereocenters. The first-order valence-corrected chi connectivity index (χ1v) is 10.0. The number of aryl methyl sites for hydroxylation is 1. The molecule has 1 aliphatic heterocycles. The Morgan fingerprint density at radius 3 is 2.59 bits per heavy atom. The summed E-state index contributed by atoms with van der Waals surface area (Å²) < 4.78 is 8.14. The molecule has 0 saturated carbocycles. The maximum atomic E-state index is 11.7. The van der Waals surface area contributed by atoms with Gasteiger partial charge in [-0.25, -0.2) is 4.98 Å². The van der Waals surface area contributed by atoms with Crippen molar-refractivity contribution in [3.63, 3.8) is 0 Å². The first-order valence-electron chi connectivity index (χ1n) is 9.15. The molecule has 1 aromatic heterocycles. The molecule has 27 heavy (non-hydrogen) atoms. The van der Waals surface area contributed by atoms with Crippen LogP contribution in [-0.2, 0) is 9.53 Å². The van der Waals surface area contributed by atoms with Crippen LogP contribution in [0.2, 0.25) is 0 Å². The van der Waals surface area contributed by atoms with E-state index in [1.54, 1.807) is 18.0 Å². The number of thioether (sulfide) groups is 1. The normalized spacial score (nSPS) is 22.5. The largest absolute Gasteiger partial charge is 0.372 e. The molecule has 138 valence electrons. The second-order valence-electron chi connectivity index (χ2n) is 6.71. The van der Waals surface area contributed by atoms with Gasteiger partial charge in [0.05, 0.1) is 6.10 Å². The van der Waals surface area contributed by atoms with Gasteiger partial charge in [0.15, 0.2) is 0 Å². The van der Waals surface area contributed by atoms with Gasteiger partial charge in [-0.3, -0.25) is 0 Å². The van der Waals surface area contributed by atoms with E-state index >= 15 is 0 Å². The Labute approximate surface area is 163 Å². The molecule has 0 bridgehead atoms. The second kappa shape index (κ2) is 8.11. The summed E-state index contributed by atoms with van der Waals surface area (Å²) in [6, 6.07) is 18.6.